The Morgan fingerprint density at radius 3 is 2.79 bits per heavy atom. The normalized spacial score (nSPS) is 12.6. The van der Waals surface area contributed by atoms with Gasteiger partial charge in [-0.3, -0.25) is 4.68 Å². The van der Waals surface area contributed by atoms with E-state index in [1.807, 2.05) is 6.92 Å². The second kappa shape index (κ2) is 5.88. The van der Waals surface area contributed by atoms with Crippen molar-refractivity contribution in [1.82, 2.24) is 20.3 Å². The molecule has 0 aliphatic heterocycles. The van der Waals surface area contributed by atoms with E-state index in [9.17, 15) is 8.78 Å². The van der Waals surface area contributed by atoms with E-state index in [0.29, 0.717) is 12.2 Å². The Morgan fingerprint density at radius 2 is 2.16 bits per heavy atom. The molecule has 0 aliphatic carbocycles. The molecule has 1 heterocycles. The fourth-order valence-corrected chi connectivity index (χ4v) is 1.96. The van der Waals surface area contributed by atoms with Gasteiger partial charge in [-0.05, 0) is 19.0 Å². The standard InChI is InChI=1S/C13H16F2N4/c1-3-7-16-13(11-8-17-18-19(11)2)9-5-4-6-10(14)12(9)15/h4-6,8,13,16H,3,7H2,1-2H3. The third kappa shape index (κ3) is 2.78. The van der Waals surface area contributed by atoms with Gasteiger partial charge in [0.1, 0.15) is 0 Å². The summed E-state index contributed by atoms with van der Waals surface area (Å²) in [7, 11) is 1.72. The second-order valence-electron chi connectivity index (χ2n) is 4.31. The molecule has 102 valence electrons. The highest BCUT2D eigenvalue weighted by atomic mass is 19.2. The van der Waals surface area contributed by atoms with Crippen LogP contribution in [0, 0.1) is 11.6 Å². The molecule has 1 aromatic carbocycles. The van der Waals surface area contributed by atoms with Crippen molar-refractivity contribution in [2.45, 2.75) is 19.4 Å². The lowest BCUT2D eigenvalue weighted by Gasteiger charge is -2.19. The minimum absolute atomic E-state index is 0.263. The molecular weight excluding hydrogens is 250 g/mol. The van der Waals surface area contributed by atoms with Gasteiger partial charge in [-0.15, -0.1) is 5.10 Å². The van der Waals surface area contributed by atoms with Crippen molar-refractivity contribution in [2.75, 3.05) is 6.54 Å². The summed E-state index contributed by atoms with van der Waals surface area (Å²) in [6.07, 6.45) is 2.44. The molecule has 0 spiro atoms. The van der Waals surface area contributed by atoms with E-state index in [4.69, 9.17) is 0 Å². The highest BCUT2D eigenvalue weighted by Crippen LogP contribution is 2.24. The molecule has 1 aromatic heterocycles. The van der Waals surface area contributed by atoms with Crippen LogP contribution < -0.4 is 5.32 Å². The van der Waals surface area contributed by atoms with E-state index in [2.05, 4.69) is 15.6 Å². The lowest BCUT2D eigenvalue weighted by molar-refractivity contribution is 0.472. The Hall–Kier alpha value is -1.82. The molecule has 1 N–H and O–H groups in total. The fraction of sp³-hybridized carbons (Fsp3) is 0.385. The van der Waals surface area contributed by atoms with Crippen LogP contribution in [-0.2, 0) is 7.05 Å². The van der Waals surface area contributed by atoms with Crippen molar-refractivity contribution >= 4 is 0 Å². The van der Waals surface area contributed by atoms with Gasteiger partial charge in [-0.2, -0.15) is 0 Å². The number of nitrogens with one attached hydrogen (secondary N) is 1. The van der Waals surface area contributed by atoms with Crippen LogP contribution in [0.4, 0.5) is 8.78 Å². The highest BCUT2D eigenvalue weighted by molar-refractivity contribution is 5.28. The summed E-state index contributed by atoms with van der Waals surface area (Å²) in [4.78, 5) is 0. The predicted octanol–water partition coefficient (Wildman–Crippen LogP) is 2.18. The lowest BCUT2D eigenvalue weighted by atomic mass is 10.0. The number of benzene rings is 1. The van der Waals surface area contributed by atoms with Crippen molar-refractivity contribution < 1.29 is 8.78 Å². The monoisotopic (exact) mass is 266 g/mol. The van der Waals surface area contributed by atoms with Gasteiger partial charge in [-0.25, -0.2) is 8.78 Å². The maximum atomic E-state index is 13.9. The minimum atomic E-state index is -0.851. The fourth-order valence-electron chi connectivity index (χ4n) is 1.96. The zero-order valence-electron chi connectivity index (χ0n) is 10.9. The van der Waals surface area contributed by atoms with Crippen molar-refractivity contribution in [2.24, 2.45) is 7.05 Å². The Labute approximate surface area is 110 Å². The van der Waals surface area contributed by atoms with Gasteiger partial charge in [0, 0.05) is 12.6 Å². The van der Waals surface area contributed by atoms with Crippen molar-refractivity contribution in [3.63, 3.8) is 0 Å². The first-order valence-corrected chi connectivity index (χ1v) is 6.17. The zero-order valence-corrected chi connectivity index (χ0v) is 10.9. The van der Waals surface area contributed by atoms with E-state index in [-0.39, 0.29) is 5.56 Å². The molecule has 0 radical (unpaired) electrons. The number of hydrogen-bond donors (Lipinski definition) is 1. The largest absolute Gasteiger partial charge is 0.305 e. The quantitative estimate of drug-likeness (QED) is 0.902. The minimum Gasteiger partial charge on any atom is -0.305 e. The number of nitrogens with zero attached hydrogens (tertiary/aromatic N) is 3. The van der Waals surface area contributed by atoms with Crippen LogP contribution in [0.5, 0.6) is 0 Å². The van der Waals surface area contributed by atoms with Gasteiger partial charge in [0.25, 0.3) is 0 Å². The van der Waals surface area contributed by atoms with Crippen LogP contribution >= 0.6 is 0 Å². The van der Waals surface area contributed by atoms with Crippen LogP contribution in [-0.4, -0.2) is 21.5 Å². The third-order valence-electron chi connectivity index (χ3n) is 2.94. The molecule has 0 saturated heterocycles. The van der Waals surface area contributed by atoms with Gasteiger partial charge >= 0.3 is 0 Å². The summed E-state index contributed by atoms with van der Waals surface area (Å²) < 4.78 is 28.9. The highest BCUT2D eigenvalue weighted by Gasteiger charge is 2.22. The van der Waals surface area contributed by atoms with E-state index in [0.717, 1.165) is 12.5 Å². The van der Waals surface area contributed by atoms with Crippen molar-refractivity contribution in [3.8, 4) is 0 Å². The first kappa shape index (κ1) is 13.6. The molecule has 2 aromatic rings. The maximum Gasteiger partial charge on any atom is 0.163 e. The third-order valence-corrected chi connectivity index (χ3v) is 2.94. The number of rotatable bonds is 5. The molecule has 1 unspecified atom stereocenters. The average molecular weight is 266 g/mol. The summed E-state index contributed by atoms with van der Waals surface area (Å²) in [5.41, 5.74) is 0.955. The summed E-state index contributed by atoms with van der Waals surface area (Å²) in [6.45, 7) is 2.69. The molecule has 2 rings (SSSR count). The Balaban J connectivity index is 2.43. The van der Waals surface area contributed by atoms with E-state index in [1.165, 1.54) is 6.07 Å². The van der Waals surface area contributed by atoms with Crippen LogP contribution in [0.3, 0.4) is 0 Å². The topological polar surface area (TPSA) is 42.7 Å². The smallest absolute Gasteiger partial charge is 0.163 e. The van der Waals surface area contributed by atoms with E-state index >= 15 is 0 Å². The Morgan fingerprint density at radius 1 is 1.37 bits per heavy atom. The lowest BCUT2D eigenvalue weighted by Crippen LogP contribution is -2.26. The zero-order chi connectivity index (χ0) is 13.8. The first-order valence-electron chi connectivity index (χ1n) is 6.17. The van der Waals surface area contributed by atoms with Crippen LogP contribution in [0.2, 0.25) is 0 Å². The van der Waals surface area contributed by atoms with E-state index < -0.39 is 17.7 Å². The first-order chi connectivity index (χ1) is 9.15. The van der Waals surface area contributed by atoms with Gasteiger partial charge in [0.2, 0.25) is 0 Å². The van der Waals surface area contributed by atoms with Gasteiger partial charge < -0.3 is 5.32 Å². The molecule has 0 amide bonds. The summed E-state index contributed by atoms with van der Waals surface area (Å²) in [5, 5.41) is 10.8. The number of aromatic nitrogens is 3. The molecule has 0 aliphatic rings. The number of aryl methyl sites for hydroxylation is 1. The number of hydrogen-bond acceptors (Lipinski definition) is 3. The van der Waals surface area contributed by atoms with E-state index in [1.54, 1.807) is 24.0 Å². The predicted molar refractivity (Wildman–Crippen MR) is 67.5 cm³/mol. The van der Waals surface area contributed by atoms with Gasteiger partial charge in [0.15, 0.2) is 11.6 Å². The maximum absolute atomic E-state index is 13.9. The SMILES string of the molecule is CCCNC(c1cccc(F)c1F)c1cnnn1C. The molecule has 4 nitrogen and oxygen atoms in total. The molecular formula is C13H16F2N4. The van der Waals surface area contributed by atoms with Crippen molar-refractivity contribution in [3.05, 3.63) is 47.3 Å². The molecule has 0 saturated carbocycles. The summed E-state index contributed by atoms with van der Waals surface area (Å²) >= 11 is 0. The molecule has 0 bridgehead atoms. The Kier molecular flexibility index (Phi) is 4.21. The van der Waals surface area contributed by atoms with Gasteiger partial charge in [-0.1, -0.05) is 24.3 Å². The molecule has 0 fully saturated rings. The van der Waals surface area contributed by atoms with Gasteiger partial charge in [0.05, 0.1) is 17.9 Å². The molecule has 6 heteroatoms. The number of halogens is 2. The molecule has 1 atom stereocenters. The van der Waals surface area contributed by atoms with Crippen LogP contribution in [0.1, 0.15) is 30.6 Å². The second-order valence-corrected chi connectivity index (χ2v) is 4.31. The van der Waals surface area contributed by atoms with Crippen LogP contribution in [0.25, 0.3) is 0 Å². The molecule has 19 heavy (non-hydrogen) atoms. The average Bonchev–Trinajstić information content (AvgIpc) is 2.81. The summed E-state index contributed by atoms with van der Waals surface area (Å²) in [5.74, 6) is -1.69. The Bertz CT molecular complexity index is 553. The van der Waals surface area contributed by atoms with Crippen LogP contribution in [0.15, 0.2) is 24.4 Å². The summed E-state index contributed by atoms with van der Waals surface area (Å²) in [6, 6.07) is 3.71. The van der Waals surface area contributed by atoms with Crippen molar-refractivity contribution in [1.29, 1.82) is 0 Å².